The predicted molar refractivity (Wildman–Crippen MR) is 125 cm³/mol. The molecular weight excluding hydrogens is 372 g/mol. The van der Waals surface area contributed by atoms with Crippen LogP contribution in [0.5, 0.6) is 11.5 Å². The number of phenolic OH excluding ortho intramolecular Hbond substituents is 2. The standard InChI is InChI=1S/C26H34N2O2/c1-5-7-20-15-23(18-27-11-13-28(14-12-27)19(3)4)26(30)24(16-20)21-9-10-25(29)22(17-21)8-6-2/h5-6,9-10,15-17,19,29-30H,1-2,7-8,11-14,18H2,3-4H3. The summed E-state index contributed by atoms with van der Waals surface area (Å²) in [5, 5.41) is 21.3. The lowest BCUT2D eigenvalue weighted by atomic mass is 9.94. The normalized spacial score (nSPS) is 15.4. The lowest BCUT2D eigenvalue weighted by molar-refractivity contribution is 0.103. The van der Waals surface area contributed by atoms with Gasteiger partial charge in [0.2, 0.25) is 0 Å². The van der Waals surface area contributed by atoms with Crippen molar-refractivity contribution in [3.8, 4) is 22.6 Å². The van der Waals surface area contributed by atoms with E-state index in [0.717, 1.165) is 67.0 Å². The van der Waals surface area contributed by atoms with Gasteiger partial charge in [-0.15, -0.1) is 13.2 Å². The molecule has 2 aromatic carbocycles. The Hall–Kier alpha value is -2.56. The summed E-state index contributed by atoms with van der Waals surface area (Å²) in [6.45, 7) is 17.0. The average Bonchev–Trinajstić information content (AvgIpc) is 2.73. The predicted octanol–water partition coefficient (Wildman–Crippen LogP) is 4.75. The first-order valence-corrected chi connectivity index (χ1v) is 10.8. The fraction of sp³-hybridized carbons (Fsp3) is 0.385. The maximum atomic E-state index is 11.2. The van der Waals surface area contributed by atoms with Gasteiger partial charge in [-0.25, -0.2) is 0 Å². The number of rotatable bonds is 8. The molecule has 2 aromatic rings. The van der Waals surface area contributed by atoms with Gasteiger partial charge in [-0.1, -0.05) is 24.3 Å². The molecule has 0 aliphatic carbocycles. The minimum atomic E-state index is 0.253. The Morgan fingerprint density at radius 1 is 0.933 bits per heavy atom. The van der Waals surface area contributed by atoms with E-state index >= 15 is 0 Å². The fourth-order valence-corrected chi connectivity index (χ4v) is 4.14. The van der Waals surface area contributed by atoms with Crippen LogP contribution in [0, 0.1) is 0 Å². The van der Waals surface area contributed by atoms with Crippen LogP contribution in [0.1, 0.15) is 30.5 Å². The number of phenols is 2. The minimum Gasteiger partial charge on any atom is -0.508 e. The van der Waals surface area contributed by atoms with Crippen LogP contribution in [-0.4, -0.2) is 52.2 Å². The topological polar surface area (TPSA) is 46.9 Å². The average molecular weight is 407 g/mol. The first-order chi connectivity index (χ1) is 14.4. The number of hydrogen-bond donors (Lipinski definition) is 2. The first-order valence-electron chi connectivity index (χ1n) is 10.8. The Labute approximate surface area is 180 Å². The third-order valence-corrected chi connectivity index (χ3v) is 5.91. The molecule has 30 heavy (non-hydrogen) atoms. The highest BCUT2D eigenvalue weighted by Gasteiger charge is 2.21. The molecule has 1 heterocycles. The molecule has 0 radical (unpaired) electrons. The molecule has 1 aliphatic heterocycles. The second-order valence-corrected chi connectivity index (χ2v) is 8.39. The summed E-state index contributed by atoms with van der Waals surface area (Å²) in [5.74, 6) is 0.577. The maximum Gasteiger partial charge on any atom is 0.127 e. The Balaban J connectivity index is 1.92. The van der Waals surface area contributed by atoms with Crippen LogP contribution in [0.4, 0.5) is 0 Å². The minimum absolute atomic E-state index is 0.253. The van der Waals surface area contributed by atoms with E-state index in [0.29, 0.717) is 18.2 Å². The molecule has 0 unspecified atom stereocenters. The van der Waals surface area contributed by atoms with Gasteiger partial charge in [0, 0.05) is 49.9 Å². The Kier molecular flexibility index (Phi) is 7.35. The van der Waals surface area contributed by atoms with E-state index in [-0.39, 0.29) is 5.75 Å². The molecule has 4 heteroatoms. The van der Waals surface area contributed by atoms with Gasteiger partial charge >= 0.3 is 0 Å². The van der Waals surface area contributed by atoms with Gasteiger partial charge < -0.3 is 10.2 Å². The molecule has 0 spiro atoms. The van der Waals surface area contributed by atoms with E-state index in [1.807, 2.05) is 24.3 Å². The fourth-order valence-electron chi connectivity index (χ4n) is 4.14. The number of piperazine rings is 1. The second kappa shape index (κ2) is 9.96. The van der Waals surface area contributed by atoms with E-state index in [1.165, 1.54) is 0 Å². The van der Waals surface area contributed by atoms with E-state index in [9.17, 15) is 10.2 Å². The van der Waals surface area contributed by atoms with Crippen molar-refractivity contribution in [3.63, 3.8) is 0 Å². The van der Waals surface area contributed by atoms with Crippen LogP contribution < -0.4 is 0 Å². The molecule has 160 valence electrons. The Bertz CT molecular complexity index is 896. The van der Waals surface area contributed by atoms with Crippen molar-refractivity contribution in [2.24, 2.45) is 0 Å². The van der Waals surface area contributed by atoms with Crippen molar-refractivity contribution in [2.75, 3.05) is 26.2 Å². The van der Waals surface area contributed by atoms with E-state index in [4.69, 9.17) is 0 Å². The van der Waals surface area contributed by atoms with Crippen LogP contribution in [0.3, 0.4) is 0 Å². The van der Waals surface area contributed by atoms with Crippen molar-refractivity contribution in [2.45, 2.75) is 39.3 Å². The molecule has 0 saturated carbocycles. The number of nitrogens with zero attached hydrogens (tertiary/aromatic N) is 2. The lowest BCUT2D eigenvalue weighted by Crippen LogP contribution is -2.48. The van der Waals surface area contributed by atoms with E-state index in [2.05, 4.69) is 42.9 Å². The molecular formula is C26H34N2O2. The summed E-state index contributed by atoms with van der Waals surface area (Å²) in [7, 11) is 0. The smallest absolute Gasteiger partial charge is 0.127 e. The highest BCUT2D eigenvalue weighted by molar-refractivity contribution is 5.74. The number of benzene rings is 2. The summed E-state index contributed by atoms with van der Waals surface area (Å²) in [4.78, 5) is 4.91. The third-order valence-electron chi connectivity index (χ3n) is 5.91. The molecule has 1 aliphatic rings. The van der Waals surface area contributed by atoms with Crippen molar-refractivity contribution in [1.29, 1.82) is 0 Å². The molecule has 0 aromatic heterocycles. The zero-order valence-electron chi connectivity index (χ0n) is 18.3. The summed E-state index contributed by atoms with van der Waals surface area (Å²) < 4.78 is 0. The number of aromatic hydroxyl groups is 2. The third kappa shape index (κ3) is 5.13. The highest BCUT2D eigenvalue weighted by atomic mass is 16.3. The Morgan fingerprint density at radius 3 is 2.27 bits per heavy atom. The molecule has 1 saturated heterocycles. The van der Waals surface area contributed by atoms with Gasteiger partial charge in [0.25, 0.3) is 0 Å². The van der Waals surface area contributed by atoms with Crippen molar-refractivity contribution in [3.05, 3.63) is 72.3 Å². The largest absolute Gasteiger partial charge is 0.508 e. The van der Waals surface area contributed by atoms with E-state index in [1.54, 1.807) is 12.1 Å². The molecule has 0 bridgehead atoms. The van der Waals surface area contributed by atoms with Crippen LogP contribution in [0.2, 0.25) is 0 Å². The summed E-state index contributed by atoms with van der Waals surface area (Å²) in [6, 6.07) is 10.2. The van der Waals surface area contributed by atoms with Crippen LogP contribution in [-0.2, 0) is 19.4 Å². The number of hydrogen-bond acceptors (Lipinski definition) is 4. The maximum absolute atomic E-state index is 11.2. The van der Waals surface area contributed by atoms with Gasteiger partial charge in [-0.05, 0) is 61.6 Å². The quantitative estimate of drug-likeness (QED) is 0.621. The molecule has 0 atom stereocenters. The van der Waals surface area contributed by atoms with Crippen molar-refractivity contribution < 1.29 is 10.2 Å². The van der Waals surface area contributed by atoms with Gasteiger partial charge in [0.05, 0.1) is 0 Å². The lowest BCUT2D eigenvalue weighted by Gasteiger charge is -2.37. The van der Waals surface area contributed by atoms with E-state index < -0.39 is 0 Å². The van der Waals surface area contributed by atoms with Crippen LogP contribution >= 0.6 is 0 Å². The molecule has 3 rings (SSSR count). The zero-order valence-corrected chi connectivity index (χ0v) is 18.3. The van der Waals surface area contributed by atoms with Gasteiger partial charge in [0.15, 0.2) is 0 Å². The molecule has 2 N–H and O–H groups in total. The van der Waals surface area contributed by atoms with Gasteiger partial charge in [-0.3, -0.25) is 9.80 Å². The SMILES string of the molecule is C=CCc1cc(CN2CCN(C(C)C)CC2)c(O)c(-c2ccc(O)c(CC=C)c2)c1. The van der Waals surface area contributed by atoms with Gasteiger partial charge in [0.1, 0.15) is 11.5 Å². The highest BCUT2D eigenvalue weighted by Crippen LogP contribution is 2.36. The van der Waals surface area contributed by atoms with Crippen molar-refractivity contribution in [1.82, 2.24) is 9.80 Å². The first kappa shape index (κ1) is 22.1. The molecule has 0 amide bonds. The number of allylic oxidation sites excluding steroid dienone is 2. The summed E-state index contributed by atoms with van der Waals surface area (Å²) >= 11 is 0. The molecule has 1 fully saturated rings. The molecule has 4 nitrogen and oxygen atoms in total. The zero-order chi connectivity index (χ0) is 21.7. The van der Waals surface area contributed by atoms with Gasteiger partial charge in [-0.2, -0.15) is 0 Å². The van der Waals surface area contributed by atoms with Crippen LogP contribution in [0.25, 0.3) is 11.1 Å². The van der Waals surface area contributed by atoms with Crippen molar-refractivity contribution >= 4 is 0 Å². The monoisotopic (exact) mass is 406 g/mol. The summed E-state index contributed by atoms with van der Waals surface area (Å²) in [6.07, 6.45) is 5.00. The summed E-state index contributed by atoms with van der Waals surface area (Å²) in [5.41, 5.74) is 4.59. The second-order valence-electron chi connectivity index (χ2n) is 8.39. The van der Waals surface area contributed by atoms with Crippen LogP contribution in [0.15, 0.2) is 55.6 Å². The Morgan fingerprint density at radius 2 is 1.63 bits per heavy atom.